The van der Waals surface area contributed by atoms with Crippen molar-refractivity contribution in [3.8, 4) is 16.8 Å². The van der Waals surface area contributed by atoms with Crippen molar-refractivity contribution in [2.75, 3.05) is 0 Å². The number of aromatic nitrogens is 2. The average molecular weight is 422 g/mol. The molecule has 1 aliphatic carbocycles. The van der Waals surface area contributed by atoms with E-state index in [2.05, 4.69) is 37.1 Å². The number of benzene rings is 2. The summed E-state index contributed by atoms with van der Waals surface area (Å²) in [5.41, 5.74) is 3.77. The van der Waals surface area contributed by atoms with E-state index in [0.29, 0.717) is 16.6 Å². The largest absolute Gasteiger partial charge is 0.348 e. The molecule has 30 heavy (non-hydrogen) atoms. The molecule has 1 heterocycles. The average Bonchev–Trinajstić information content (AvgIpc) is 3.16. The summed E-state index contributed by atoms with van der Waals surface area (Å²) in [4.78, 5) is 17.3. The highest BCUT2D eigenvalue weighted by Crippen LogP contribution is 2.38. The number of carbonyl (C=O) groups excluding carboxylic acids is 1. The minimum absolute atomic E-state index is 0.0736. The van der Waals surface area contributed by atoms with E-state index >= 15 is 0 Å². The molecule has 1 aromatic heterocycles. The first-order valence-electron chi connectivity index (χ1n) is 10.5. The van der Waals surface area contributed by atoms with E-state index in [4.69, 9.17) is 11.6 Å². The Morgan fingerprint density at radius 3 is 2.60 bits per heavy atom. The Kier molecular flexibility index (Phi) is 5.70. The van der Waals surface area contributed by atoms with Crippen LogP contribution in [0.4, 0.5) is 0 Å². The van der Waals surface area contributed by atoms with Gasteiger partial charge in [-0.15, -0.1) is 0 Å². The van der Waals surface area contributed by atoms with Gasteiger partial charge >= 0.3 is 0 Å². The predicted molar refractivity (Wildman–Crippen MR) is 122 cm³/mol. The number of hydrogen-bond acceptors (Lipinski definition) is 2. The summed E-state index contributed by atoms with van der Waals surface area (Å²) in [6.45, 7) is 6.84. The molecule has 0 saturated heterocycles. The third kappa shape index (κ3) is 4.59. The summed E-state index contributed by atoms with van der Waals surface area (Å²) >= 11 is 6.16. The van der Waals surface area contributed by atoms with Crippen LogP contribution < -0.4 is 5.32 Å². The number of rotatable bonds is 4. The van der Waals surface area contributed by atoms with E-state index in [1.165, 1.54) is 6.42 Å². The van der Waals surface area contributed by atoms with Crippen LogP contribution in [-0.2, 0) is 0 Å². The zero-order valence-electron chi connectivity index (χ0n) is 17.7. The summed E-state index contributed by atoms with van der Waals surface area (Å²) in [6.07, 6.45) is 6.56. The highest BCUT2D eigenvalue weighted by Gasteiger charge is 2.33. The Morgan fingerprint density at radius 1 is 1.13 bits per heavy atom. The Morgan fingerprint density at radius 2 is 1.87 bits per heavy atom. The van der Waals surface area contributed by atoms with Gasteiger partial charge < -0.3 is 5.32 Å². The highest BCUT2D eigenvalue weighted by molar-refractivity contribution is 6.30. The normalized spacial score (nSPS) is 20.7. The maximum Gasteiger partial charge on any atom is 0.270 e. The van der Waals surface area contributed by atoms with Gasteiger partial charge in [-0.1, -0.05) is 56.6 Å². The molecular weight excluding hydrogens is 394 g/mol. The van der Waals surface area contributed by atoms with Gasteiger partial charge in [0.25, 0.3) is 5.91 Å². The minimum atomic E-state index is -0.0736. The van der Waals surface area contributed by atoms with Crippen molar-refractivity contribution >= 4 is 17.5 Å². The van der Waals surface area contributed by atoms with Crippen LogP contribution in [0, 0.1) is 11.3 Å². The summed E-state index contributed by atoms with van der Waals surface area (Å²) in [6, 6.07) is 16.0. The fourth-order valence-corrected chi connectivity index (χ4v) is 5.08. The minimum Gasteiger partial charge on any atom is -0.348 e. The Labute approximate surface area is 183 Å². The molecule has 4 rings (SSSR count). The zero-order chi connectivity index (χ0) is 21.3. The zero-order valence-corrected chi connectivity index (χ0v) is 18.5. The maximum absolute atomic E-state index is 13.1. The fraction of sp³-hybridized carbons (Fsp3) is 0.360. The first kappa shape index (κ1) is 20.7. The van der Waals surface area contributed by atoms with E-state index in [9.17, 15) is 4.79 Å². The molecule has 0 bridgehead atoms. The van der Waals surface area contributed by atoms with Crippen molar-refractivity contribution < 1.29 is 4.79 Å². The lowest BCUT2D eigenvalue weighted by Crippen LogP contribution is -2.43. The summed E-state index contributed by atoms with van der Waals surface area (Å²) < 4.78 is 1.85. The monoisotopic (exact) mass is 421 g/mol. The lowest BCUT2D eigenvalue weighted by Gasteiger charge is -2.39. The van der Waals surface area contributed by atoms with Gasteiger partial charge in [-0.2, -0.15) is 0 Å². The molecule has 4 nitrogen and oxygen atoms in total. The van der Waals surface area contributed by atoms with Crippen LogP contribution in [0.1, 0.15) is 50.5 Å². The van der Waals surface area contributed by atoms with Crippen LogP contribution >= 0.6 is 11.6 Å². The molecule has 3 aromatic rings. The van der Waals surface area contributed by atoms with E-state index in [1.807, 2.05) is 47.0 Å². The lowest BCUT2D eigenvalue weighted by atomic mass is 9.70. The Hall–Kier alpha value is -2.59. The third-order valence-electron chi connectivity index (χ3n) is 5.88. The molecule has 1 amide bonds. The lowest BCUT2D eigenvalue weighted by molar-refractivity contribution is 0.0867. The second kappa shape index (κ2) is 8.27. The van der Waals surface area contributed by atoms with Gasteiger partial charge in [-0.3, -0.25) is 9.36 Å². The number of hydrogen-bond donors (Lipinski definition) is 1. The van der Waals surface area contributed by atoms with Crippen molar-refractivity contribution in [3.63, 3.8) is 0 Å². The molecule has 1 N–H and O–H groups in total. The molecule has 156 valence electrons. The quantitative estimate of drug-likeness (QED) is 0.550. The number of imidazole rings is 1. The van der Waals surface area contributed by atoms with Crippen molar-refractivity contribution in [2.24, 2.45) is 11.3 Å². The molecule has 1 fully saturated rings. The second-order valence-electron chi connectivity index (χ2n) is 9.29. The van der Waals surface area contributed by atoms with Gasteiger partial charge in [0.15, 0.2) is 0 Å². The first-order valence-corrected chi connectivity index (χ1v) is 10.9. The van der Waals surface area contributed by atoms with Crippen molar-refractivity contribution in [1.29, 1.82) is 0 Å². The van der Waals surface area contributed by atoms with E-state index < -0.39 is 0 Å². The van der Waals surface area contributed by atoms with Crippen LogP contribution in [0.2, 0.25) is 5.02 Å². The third-order valence-corrected chi connectivity index (χ3v) is 6.11. The number of nitrogens with one attached hydrogen (secondary N) is 1. The standard InChI is InChI=1S/C25H28ClN3O/c1-17-10-21(14-25(2,3)13-17)28-24(30)23-15-27-16-29(23)22-9-5-7-19(12-22)18-6-4-8-20(26)11-18/h4-9,11-12,15-17,21H,10,13-14H2,1-3H3,(H,28,30)/t17-,21-/m1/s1. The van der Waals surface area contributed by atoms with Gasteiger partial charge in [0.05, 0.1) is 12.5 Å². The molecule has 0 aliphatic heterocycles. The first-order chi connectivity index (χ1) is 14.3. The van der Waals surface area contributed by atoms with Crippen LogP contribution in [-0.4, -0.2) is 21.5 Å². The van der Waals surface area contributed by atoms with E-state index in [0.717, 1.165) is 29.7 Å². The molecule has 1 saturated carbocycles. The van der Waals surface area contributed by atoms with Gasteiger partial charge in [0.1, 0.15) is 5.69 Å². The number of halogens is 1. The molecule has 2 atom stereocenters. The highest BCUT2D eigenvalue weighted by atomic mass is 35.5. The van der Waals surface area contributed by atoms with Crippen LogP contribution in [0.3, 0.4) is 0 Å². The van der Waals surface area contributed by atoms with E-state index in [-0.39, 0.29) is 17.4 Å². The number of carbonyl (C=O) groups is 1. The SMILES string of the molecule is C[C@@H]1C[C@@H](NC(=O)c2cncn2-c2cccc(-c3cccc(Cl)c3)c2)CC(C)(C)C1. The molecule has 0 radical (unpaired) electrons. The fourth-order valence-electron chi connectivity index (χ4n) is 4.89. The maximum atomic E-state index is 13.1. The van der Waals surface area contributed by atoms with Gasteiger partial charge in [0, 0.05) is 16.8 Å². The van der Waals surface area contributed by atoms with Gasteiger partial charge in [-0.25, -0.2) is 4.98 Å². The molecule has 0 unspecified atom stereocenters. The Bertz CT molecular complexity index is 1060. The number of nitrogens with zero attached hydrogens (tertiary/aromatic N) is 2. The van der Waals surface area contributed by atoms with E-state index in [1.54, 1.807) is 12.5 Å². The van der Waals surface area contributed by atoms with Crippen molar-refractivity contribution in [1.82, 2.24) is 14.9 Å². The molecule has 0 spiro atoms. The second-order valence-corrected chi connectivity index (χ2v) is 9.73. The van der Waals surface area contributed by atoms with Crippen LogP contribution in [0.25, 0.3) is 16.8 Å². The van der Waals surface area contributed by atoms with Gasteiger partial charge in [-0.05, 0) is 66.0 Å². The summed E-state index contributed by atoms with van der Waals surface area (Å²) in [7, 11) is 0. The smallest absolute Gasteiger partial charge is 0.270 e. The predicted octanol–water partition coefficient (Wildman–Crippen LogP) is 6.14. The Balaban J connectivity index is 1.58. The number of amides is 1. The van der Waals surface area contributed by atoms with Crippen molar-refractivity contribution in [3.05, 3.63) is 71.8 Å². The molecule has 1 aliphatic rings. The van der Waals surface area contributed by atoms with Crippen molar-refractivity contribution in [2.45, 2.75) is 46.1 Å². The van der Waals surface area contributed by atoms with Gasteiger partial charge in [0.2, 0.25) is 0 Å². The van der Waals surface area contributed by atoms with Crippen LogP contribution in [0.15, 0.2) is 61.1 Å². The molecule has 5 heteroatoms. The van der Waals surface area contributed by atoms with Crippen LogP contribution in [0.5, 0.6) is 0 Å². The summed E-state index contributed by atoms with van der Waals surface area (Å²) in [5.74, 6) is 0.536. The summed E-state index contributed by atoms with van der Waals surface area (Å²) in [5, 5.41) is 3.95. The molecular formula is C25H28ClN3O. The topological polar surface area (TPSA) is 46.9 Å². The molecule has 2 aromatic carbocycles.